The molecule has 1 aromatic rings. The number of likely N-dealkylation sites (tertiary alicyclic amines) is 1. The molecule has 1 saturated heterocycles. The van der Waals surface area contributed by atoms with Crippen molar-refractivity contribution in [2.75, 3.05) is 31.6 Å². The first kappa shape index (κ1) is 19.2. The van der Waals surface area contributed by atoms with Crippen LogP contribution in [0.5, 0.6) is 0 Å². The van der Waals surface area contributed by atoms with E-state index in [4.69, 9.17) is 0 Å². The molecule has 2 aliphatic rings. The van der Waals surface area contributed by atoms with Crippen LogP contribution >= 0.6 is 11.8 Å². The molecule has 1 spiro atoms. The minimum absolute atomic E-state index is 0.00575. The summed E-state index contributed by atoms with van der Waals surface area (Å²) in [6, 6.07) is -0.403. The summed E-state index contributed by atoms with van der Waals surface area (Å²) in [5.74, 6) is 0.872. The van der Waals surface area contributed by atoms with Gasteiger partial charge in [-0.05, 0) is 18.4 Å². The number of aromatic nitrogens is 2. The first-order valence-corrected chi connectivity index (χ1v) is 10.9. The molecule has 0 bridgehead atoms. The Morgan fingerprint density at radius 3 is 2.92 bits per heavy atom. The van der Waals surface area contributed by atoms with Crippen LogP contribution in [0.1, 0.15) is 44.0 Å². The molecular formula is C18H30N5O2S+. The molecule has 26 heavy (non-hydrogen) atoms. The molecule has 1 fully saturated rings. The number of rotatable bonds is 6. The van der Waals surface area contributed by atoms with E-state index in [9.17, 15) is 9.59 Å². The number of aromatic amines is 1. The highest BCUT2D eigenvalue weighted by Gasteiger charge is 2.46. The lowest BCUT2D eigenvalue weighted by atomic mass is 9.80. The predicted octanol–water partition coefficient (Wildman–Crippen LogP) is -0.00520. The number of quaternary nitrogens is 1. The number of thioether (sulfide) groups is 1. The first-order chi connectivity index (χ1) is 12.6. The average Bonchev–Trinajstić information content (AvgIpc) is 3.15. The van der Waals surface area contributed by atoms with E-state index < -0.39 is 6.04 Å². The van der Waals surface area contributed by atoms with Crippen LogP contribution in [-0.2, 0) is 21.5 Å². The van der Waals surface area contributed by atoms with Crippen molar-refractivity contribution in [3.8, 4) is 0 Å². The van der Waals surface area contributed by atoms with E-state index in [-0.39, 0.29) is 17.4 Å². The maximum absolute atomic E-state index is 13.0. The van der Waals surface area contributed by atoms with Gasteiger partial charge in [-0.3, -0.25) is 9.59 Å². The van der Waals surface area contributed by atoms with E-state index in [2.05, 4.69) is 20.6 Å². The van der Waals surface area contributed by atoms with Crippen molar-refractivity contribution >= 4 is 23.6 Å². The molecule has 2 aliphatic heterocycles. The number of H-pyrrole nitrogens is 1. The third-order valence-corrected chi connectivity index (χ3v) is 6.30. The number of imidazole rings is 1. The molecule has 7 nitrogen and oxygen atoms in total. The monoisotopic (exact) mass is 380 g/mol. The van der Waals surface area contributed by atoms with Crippen molar-refractivity contribution in [3.05, 3.63) is 17.7 Å². The largest absolute Gasteiger partial charge is 0.348 e. The second kappa shape index (κ2) is 8.43. The Kier molecular flexibility index (Phi) is 6.24. The fourth-order valence-corrected chi connectivity index (χ4v) is 4.58. The zero-order chi connectivity index (χ0) is 18.6. The molecule has 3 rings (SSSR count). The van der Waals surface area contributed by atoms with E-state index in [0.717, 1.165) is 44.6 Å². The highest BCUT2D eigenvalue weighted by molar-refractivity contribution is 7.98. The third-order valence-electron chi connectivity index (χ3n) is 5.65. The molecule has 0 radical (unpaired) electrons. The quantitative estimate of drug-likeness (QED) is 0.647. The lowest BCUT2D eigenvalue weighted by Gasteiger charge is -2.41. The number of nitrogens with zero attached hydrogens (tertiary/aromatic N) is 2. The fraction of sp³-hybridized carbons (Fsp3) is 0.722. The molecule has 4 N–H and O–H groups in total. The van der Waals surface area contributed by atoms with Gasteiger partial charge in [-0.25, -0.2) is 4.98 Å². The summed E-state index contributed by atoms with van der Waals surface area (Å²) in [6.45, 7) is 4.32. The molecular weight excluding hydrogens is 350 g/mol. The van der Waals surface area contributed by atoms with Crippen LogP contribution in [0, 0.1) is 0 Å². The minimum Gasteiger partial charge on any atom is -0.348 e. The highest BCUT2D eigenvalue weighted by Crippen LogP contribution is 2.31. The maximum Gasteiger partial charge on any atom is 0.245 e. The summed E-state index contributed by atoms with van der Waals surface area (Å²) in [4.78, 5) is 34.6. The van der Waals surface area contributed by atoms with Gasteiger partial charge in [0.25, 0.3) is 0 Å². The molecule has 8 heteroatoms. The number of nitrogens with two attached hydrogens (primary N) is 1. The molecule has 0 aromatic carbocycles. The second-order valence-corrected chi connectivity index (χ2v) is 8.19. The van der Waals surface area contributed by atoms with Crippen molar-refractivity contribution in [2.24, 2.45) is 0 Å². The zero-order valence-corrected chi connectivity index (χ0v) is 16.5. The van der Waals surface area contributed by atoms with Crippen LogP contribution in [-0.4, -0.2) is 64.4 Å². The third kappa shape index (κ3) is 3.91. The Morgan fingerprint density at radius 2 is 2.23 bits per heavy atom. The van der Waals surface area contributed by atoms with Gasteiger partial charge in [-0.15, -0.1) is 0 Å². The van der Waals surface area contributed by atoms with Crippen LogP contribution in [0.15, 0.2) is 6.33 Å². The molecule has 2 amide bonds. The van der Waals surface area contributed by atoms with Gasteiger partial charge in [0.2, 0.25) is 11.8 Å². The topological polar surface area (TPSA) is 94.7 Å². The lowest BCUT2D eigenvalue weighted by Crippen LogP contribution is -2.97. The van der Waals surface area contributed by atoms with Gasteiger partial charge < -0.3 is 20.5 Å². The van der Waals surface area contributed by atoms with Crippen LogP contribution in [0.25, 0.3) is 0 Å². The normalized spacial score (nSPS) is 19.8. The maximum atomic E-state index is 13.0. The summed E-state index contributed by atoms with van der Waals surface area (Å²) in [7, 11) is 0. The number of nitrogens with one attached hydrogen (secondary N) is 2. The average molecular weight is 381 g/mol. The molecule has 1 atom stereocenters. The van der Waals surface area contributed by atoms with Crippen molar-refractivity contribution < 1.29 is 14.9 Å². The van der Waals surface area contributed by atoms with Gasteiger partial charge in [-0.1, -0.05) is 6.92 Å². The smallest absolute Gasteiger partial charge is 0.245 e. The minimum atomic E-state index is -0.403. The second-order valence-electron chi connectivity index (χ2n) is 7.21. The Bertz CT molecular complexity index is 639. The summed E-state index contributed by atoms with van der Waals surface area (Å²) in [5.41, 5.74) is 2.43. The van der Waals surface area contributed by atoms with E-state index in [1.54, 1.807) is 18.1 Å². The SMILES string of the molecule is CCC(=O)N[C@@H](CCSC)C(=O)N1CCC2(CC1)[NH2+]CCc1[nH]cnc12. The Hall–Kier alpha value is -1.54. The van der Waals surface area contributed by atoms with Crippen molar-refractivity contribution in [1.29, 1.82) is 0 Å². The molecule has 1 aromatic heterocycles. The standard InChI is InChI=1S/C18H29N5O2S/c1-3-15(24)22-14(5-11-26-2)17(25)23-9-6-18(7-10-23)16-13(4-8-21-18)19-12-20-16/h12,14,21H,3-11H2,1-2H3,(H,19,20)(H,22,24)/p+1/t14-/m0/s1. The molecule has 0 unspecified atom stereocenters. The number of hydrogen-bond acceptors (Lipinski definition) is 4. The summed E-state index contributed by atoms with van der Waals surface area (Å²) >= 11 is 1.70. The van der Waals surface area contributed by atoms with Gasteiger partial charge in [0, 0.05) is 44.5 Å². The number of piperidine rings is 1. The zero-order valence-electron chi connectivity index (χ0n) is 15.7. The van der Waals surface area contributed by atoms with Gasteiger partial charge in [0.15, 0.2) is 0 Å². The molecule has 0 saturated carbocycles. The van der Waals surface area contributed by atoms with Crippen molar-refractivity contribution in [1.82, 2.24) is 20.2 Å². The fourth-order valence-electron chi connectivity index (χ4n) is 4.11. The van der Waals surface area contributed by atoms with Crippen LogP contribution in [0.2, 0.25) is 0 Å². The summed E-state index contributed by atoms with van der Waals surface area (Å²) < 4.78 is 0. The summed E-state index contributed by atoms with van der Waals surface area (Å²) in [6.07, 6.45) is 7.75. The van der Waals surface area contributed by atoms with E-state index in [1.165, 1.54) is 11.4 Å². The molecule has 144 valence electrons. The number of carbonyl (C=O) groups is 2. The Labute approximate surface area is 159 Å². The van der Waals surface area contributed by atoms with E-state index in [1.807, 2.05) is 18.1 Å². The lowest BCUT2D eigenvalue weighted by molar-refractivity contribution is -0.743. The van der Waals surface area contributed by atoms with Gasteiger partial charge in [0.1, 0.15) is 17.3 Å². The molecule has 0 aliphatic carbocycles. The number of fused-ring (bicyclic) bond motifs is 2. The van der Waals surface area contributed by atoms with Crippen LogP contribution < -0.4 is 10.6 Å². The van der Waals surface area contributed by atoms with Gasteiger partial charge >= 0.3 is 0 Å². The van der Waals surface area contributed by atoms with E-state index in [0.29, 0.717) is 12.8 Å². The Balaban J connectivity index is 1.65. The molecule has 3 heterocycles. The van der Waals surface area contributed by atoms with E-state index >= 15 is 0 Å². The first-order valence-electron chi connectivity index (χ1n) is 9.54. The van der Waals surface area contributed by atoms with Crippen molar-refractivity contribution in [3.63, 3.8) is 0 Å². The number of hydrogen-bond donors (Lipinski definition) is 3. The number of carbonyl (C=O) groups excluding carboxylic acids is 2. The van der Waals surface area contributed by atoms with Crippen LogP contribution in [0.4, 0.5) is 0 Å². The number of amides is 2. The predicted molar refractivity (Wildman–Crippen MR) is 102 cm³/mol. The highest BCUT2D eigenvalue weighted by atomic mass is 32.2. The van der Waals surface area contributed by atoms with Gasteiger partial charge in [-0.2, -0.15) is 11.8 Å². The Morgan fingerprint density at radius 1 is 1.46 bits per heavy atom. The van der Waals surface area contributed by atoms with Gasteiger partial charge in [0.05, 0.1) is 12.9 Å². The summed E-state index contributed by atoms with van der Waals surface area (Å²) in [5, 5.41) is 5.32. The van der Waals surface area contributed by atoms with Crippen LogP contribution in [0.3, 0.4) is 0 Å². The van der Waals surface area contributed by atoms with Crippen molar-refractivity contribution in [2.45, 2.75) is 50.6 Å².